The van der Waals surface area contributed by atoms with Crippen LogP contribution < -0.4 is 15.4 Å². The van der Waals surface area contributed by atoms with Crippen molar-refractivity contribution < 1.29 is 9.47 Å². The third kappa shape index (κ3) is 5.90. The second-order valence-corrected chi connectivity index (χ2v) is 6.45. The number of hydrogen-bond donors (Lipinski definition) is 2. The van der Waals surface area contributed by atoms with Crippen LogP contribution in [0.15, 0.2) is 23.2 Å². The Hall–Kier alpha value is -1.79. The molecule has 6 nitrogen and oxygen atoms in total. The van der Waals surface area contributed by atoms with Crippen molar-refractivity contribution in [1.29, 1.82) is 0 Å². The maximum absolute atomic E-state index is 5.47. The maximum atomic E-state index is 5.47. The highest BCUT2D eigenvalue weighted by atomic mass is 16.5. The van der Waals surface area contributed by atoms with Gasteiger partial charge in [0.1, 0.15) is 5.75 Å². The maximum Gasteiger partial charge on any atom is 0.191 e. The average Bonchev–Trinajstić information content (AvgIpc) is 3.08. The van der Waals surface area contributed by atoms with Gasteiger partial charge in [0.15, 0.2) is 5.96 Å². The number of guanidine groups is 1. The Morgan fingerprint density at radius 1 is 1.32 bits per heavy atom. The molecule has 0 radical (unpaired) electrons. The fourth-order valence-electron chi connectivity index (χ4n) is 3.24. The van der Waals surface area contributed by atoms with Crippen molar-refractivity contribution in [3.63, 3.8) is 0 Å². The topological polar surface area (TPSA) is 58.1 Å². The van der Waals surface area contributed by atoms with Gasteiger partial charge in [-0.1, -0.05) is 12.1 Å². The number of methoxy groups -OCH3 is 2. The number of hydrogen-bond acceptors (Lipinski definition) is 4. The largest absolute Gasteiger partial charge is 0.496 e. The zero-order chi connectivity index (χ0) is 18.1. The molecule has 0 aromatic heterocycles. The summed E-state index contributed by atoms with van der Waals surface area (Å²) in [6.45, 7) is 6.58. The molecule has 1 aliphatic heterocycles. The molecule has 0 saturated carbocycles. The van der Waals surface area contributed by atoms with Crippen LogP contribution in [0.1, 0.15) is 24.0 Å². The molecule has 1 aliphatic rings. The zero-order valence-electron chi connectivity index (χ0n) is 16.0. The van der Waals surface area contributed by atoms with Crippen molar-refractivity contribution in [1.82, 2.24) is 15.5 Å². The molecular weight excluding hydrogens is 316 g/mol. The lowest BCUT2D eigenvalue weighted by Gasteiger charge is -2.25. The van der Waals surface area contributed by atoms with Crippen molar-refractivity contribution in [3.8, 4) is 5.75 Å². The van der Waals surface area contributed by atoms with Crippen LogP contribution >= 0.6 is 0 Å². The van der Waals surface area contributed by atoms with Crippen LogP contribution in [0.3, 0.4) is 0 Å². The molecule has 1 fully saturated rings. The van der Waals surface area contributed by atoms with E-state index >= 15 is 0 Å². The average molecular weight is 348 g/mol. The minimum atomic E-state index is 0.544. The number of rotatable bonds is 8. The monoisotopic (exact) mass is 348 g/mol. The van der Waals surface area contributed by atoms with E-state index in [1.807, 2.05) is 0 Å². The van der Waals surface area contributed by atoms with Gasteiger partial charge in [0, 0.05) is 45.4 Å². The van der Waals surface area contributed by atoms with Gasteiger partial charge in [0.05, 0.1) is 13.7 Å². The summed E-state index contributed by atoms with van der Waals surface area (Å²) >= 11 is 0. The van der Waals surface area contributed by atoms with Crippen LogP contribution in [-0.4, -0.2) is 64.4 Å². The van der Waals surface area contributed by atoms with E-state index in [1.54, 1.807) is 21.3 Å². The van der Waals surface area contributed by atoms with E-state index in [1.165, 1.54) is 18.4 Å². The van der Waals surface area contributed by atoms with E-state index in [-0.39, 0.29) is 0 Å². The molecule has 2 rings (SSSR count). The molecule has 140 valence electrons. The van der Waals surface area contributed by atoms with E-state index in [0.29, 0.717) is 12.6 Å². The van der Waals surface area contributed by atoms with Crippen molar-refractivity contribution in [2.45, 2.75) is 32.4 Å². The molecule has 1 unspecified atom stereocenters. The van der Waals surface area contributed by atoms with E-state index in [9.17, 15) is 0 Å². The molecule has 0 aliphatic carbocycles. The molecule has 0 amide bonds. The predicted molar refractivity (Wildman–Crippen MR) is 102 cm³/mol. The van der Waals surface area contributed by atoms with Gasteiger partial charge >= 0.3 is 0 Å². The summed E-state index contributed by atoms with van der Waals surface area (Å²) in [6.07, 6.45) is 2.47. The molecule has 1 heterocycles. The van der Waals surface area contributed by atoms with E-state index in [4.69, 9.17) is 9.47 Å². The highest BCUT2D eigenvalue weighted by Gasteiger charge is 2.23. The van der Waals surface area contributed by atoms with Gasteiger partial charge in [-0.2, -0.15) is 0 Å². The Bertz CT molecular complexity index is 562. The molecule has 2 N–H and O–H groups in total. The summed E-state index contributed by atoms with van der Waals surface area (Å²) in [5.74, 6) is 1.73. The first-order valence-corrected chi connectivity index (χ1v) is 8.99. The van der Waals surface area contributed by atoms with Crippen LogP contribution in [0.4, 0.5) is 0 Å². The summed E-state index contributed by atoms with van der Waals surface area (Å²) in [6, 6.07) is 6.79. The zero-order valence-corrected chi connectivity index (χ0v) is 16.0. The van der Waals surface area contributed by atoms with Crippen LogP contribution in [0, 0.1) is 6.92 Å². The number of ether oxygens (including phenoxy) is 2. The summed E-state index contributed by atoms with van der Waals surface area (Å²) in [5.41, 5.74) is 2.32. The molecule has 1 atom stereocenters. The van der Waals surface area contributed by atoms with Crippen molar-refractivity contribution in [3.05, 3.63) is 29.3 Å². The predicted octanol–water partition coefficient (Wildman–Crippen LogP) is 1.78. The fraction of sp³-hybridized carbons (Fsp3) is 0.632. The van der Waals surface area contributed by atoms with E-state index < -0.39 is 0 Å². The minimum Gasteiger partial charge on any atom is -0.496 e. The number of aliphatic imine (C=N–C) groups is 1. The Morgan fingerprint density at radius 2 is 2.16 bits per heavy atom. The molecule has 6 heteroatoms. The summed E-state index contributed by atoms with van der Waals surface area (Å²) in [7, 11) is 5.27. The Morgan fingerprint density at radius 3 is 2.88 bits per heavy atom. The van der Waals surface area contributed by atoms with Crippen LogP contribution in [0.5, 0.6) is 5.75 Å². The number of benzene rings is 1. The molecular formula is C19H32N4O2. The van der Waals surface area contributed by atoms with Gasteiger partial charge in [0.2, 0.25) is 0 Å². The second kappa shape index (κ2) is 10.3. The molecule has 25 heavy (non-hydrogen) atoms. The Kier molecular flexibility index (Phi) is 8.01. The standard InChI is InChI=1S/C19H32N4O2/c1-15-7-8-16(18(12-15)25-4)13-21-19(20-2)22-14-17-6-5-9-23(17)10-11-24-3/h7-8,12,17H,5-6,9-11,13-14H2,1-4H3,(H2,20,21,22). The highest BCUT2D eigenvalue weighted by molar-refractivity contribution is 5.79. The molecule has 1 aromatic carbocycles. The first kappa shape index (κ1) is 19.5. The molecule has 0 bridgehead atoms. The fourth-order valence-corrected chi connectivity index (χ4v) is 3.24. The number of aryl methyl sites for hydroxylation is 1. The third-order valence-electron chi connectivity index (χ3n) is 4.70. The Balaban J connectivity index is 1.83. The lowest BCUT2D eigenvalue weighted by Crippen LogP contribution is -2.45. The first-order valence-electron chi connectivity index (χ1n) is 8.99. The number of nitrogens with zero attached hydrogens (tertiary/aromatic N) is 2. The molecule has 1 aromatic rings. The number of nitrogens with one attached hydrogen (secondary N) is 2. The second-order valence-electron chi connectivity index (χ2n) is 6.45. The van der Waals surface area contributed by atoms with Crippen molar-refractivity contribution in [2.75, 3.05) is 47.5 Å². The van der Waals surface area contributed by atoms with Gasteiger partial charge in [-0.05, 0) is 37.9 Å². The van der Waals surface area contributed by atoms with Crippen LogP contribution in [0.2, 0.25) is 0 Å². The van der Waals surface area contributed by atoms with E-state index in [2.05, 4.69) is 45.6 Å². The molecule has 0 spiro atoms. The molecule has 1 saturated heterocycles. The normalized spacial score (nSPS) is 18.4. The third-order valence-corrected chi connectivity index (χ3v) is 4.70. The van der Waals surface area contributed by atoms with Gasteiger partial charge in [-0.25, -0.2) is 0 Å². The highest BCUT2D eigenvalue weighted by Crippen LogP contribution is 2.19. The quantitative estimate of drug-likeness (QED) is 0.554. The Labute approximate surface area is 151 Å². The first-order chi connectivity index (χ1) is 12.2. The van der Waals surface area contributed by atoms with Crippen LogP contribution in [-0.2, 0) is 11.3 Å². The van der Waals surface area contributed by atoms with Crippen molar-refractivity contribution >= 4 is 5.96 Å². The van der Waals surface area contributed by atoms with Gasteiger partial charge < -0.3 is 20.1 Å². The lowest BCUT2D eigenvalue weighted by atomic mass is 10.1. The van der Waals surface area contributed by atoms with E-state index in [0.717, 1.165) is 43.5 Å². The summed E-state index contributed by atoms with van der Waals surface area (Å²) in [5, 5.41) is 6.83. The van der Waals surface area contributed by atoms with Gasteiger partial charge in [-0.3, -0.25) is 9.89 Å². The minimum absolute atomic E-state index is 0.544. The lowest BCUT2D eigenvalue weighted by molar-refractivity contribution is 0.141. The number of likely N-dealkylation sites (tertiary alicyclic amines) is 1. The smallest absolute Gasteiger partial charge is 0.191 e. The SMILES string of the molecule is CN=C(NCc1ccc(C)cc1OC)NCC1CCCN1CCOC. The summed E-state index contributed by atoms with van der Waals surface area (Å²) < 4.78 is 10.7. The van der Waals surface area contributed by atoms with Crippen LogP contribution in [0.25, 0.3) is 0 Å². The van der Waals surface area contributed by atoms with Crippen molar-refractivity contribution in [2.24, 2.45) is 4.99 Å². The van der Waals surface area contributed by atoms with Gasteiger partial charge in [-0.15, -0.1) is 0 Å². The van der Waals surface area contributed by atoms with Gasteiger partial charge in [0.25, 0.3) is 0 Å². The summed E-state index contributed by atoms with van der Waals surface area (Å²) in [4.78, 5) is 6.83.